The van der Waals surface area contributed by atoms with Crippen molar-refractivity contribution in [2.75, 3.05) is 14.2 Å². The molecule has 1 aliphatic heterocycles. The zero-order chi connectivity index (χ0) is 11.0. The predicted molar refractivity (Wildman–Crippen MR) is 64.5 cm³/mol. The van der Waals surface area contributed by atoms with Gasteiger partial charge in [-0.15, -0.1) is 12.4 Å². The monoisotopic (exact) mass is 237 g/mol. The Kier molecular flexibility index (Phi) is 4.63. The van der Waals surface area contributed by atoms with Crippen LogP contribution in [-0.2, 0) is 9.47 Å². The Morgan fingerprint density at radius 1 is 0.867 bits per heavy atom. The summed E-state index contributed by atoms with van der Waals surface area (Å²) in [7, 11) is 3.45. The number of hydrogen-bond acceptors (Lipinski definition) is 3. The van der Waals surface area contributed by atoms with Crippen LogP contribution in [0.1, 0.15) is 40.5 Å². The summed E-state index contributed by atoms with van der Waals surface area (Å²) in [6.07, 6.45) is 1.74. The van der Waals surface area contributed by atoms with E-state index in [1.165, 1.54) is 0 Å². The third-order valence-corrected chi connectivity index (χ3v) is 2.84. The second-order valence-corrected chi connectivity index (χ2v) is 5.57. The van der Waals surface area contributed by atoms with Gasteiger partial charge in [-0.2, -0.15) is 0 Å². The Labute approximate surface area is 99.3 Å². The smallest absolute Gasteiger partial charge is 0.170 e. The SMILES string of the molecule is COC1(OC)CC(C)(C)NC(C)(C)C1.Cl. The van der Waals surface area contributed by atoms with E-state index in [1.807, 2.05) is 0 Å². The third kappa shape index (κ3) is 3.59. The summed E-state index contributed by atoms with van der Waals surface area (Å²) >= 11 is 0. The van der Waals surface area contributed by atoms with E-state index in [2.05, 4.69) is 33.0 Å². The molecule has 1 fully saturated rings. The Morgan fingerprint density at radius 3 is 1.47 bits per heavy atom. The van der Waals surface area contributed by atoms with Crippen LogP contribution < -0.4 is 5.32 Å². The van der Waals surface area contributed by atoms with Gasteiger partial charge in [0, 0.05) is 38.1 Å². The van der Waals surface area contributed by atoms with Crippen LogP contribution in [0.2, 0.25) is 0 Å². The topological polar surface area (TPSA) is 30.5 Å². The van der Waals surface area contributed by atoms with Crippen LogP contribution in [0, 0.1) is 0 Å². The van der Waals surface area contributed by atoms with E-state index in [1.54, 1.807) is 14.2 Å². The molecule has 0 bridgehead atoms. The first kappa shape index (κ1) is 15.2. The summed E-state index contributed by atoms with van der Waals surface area (Å²) in [4.78, 5) is 0. The van der Waals surface area contributed by atoms with E-state index in [0.29, 0.717) is 0 Å². The fourth-order valence-electron chi connectivity index (χ4n) is 2.79. The van der Waals surface area contributed by atoms with Crippen LogP contribution >= 0.6 is 12.4 Å². The van der Waals surface area contributed by atoms with E-state index in [9.17, 15) is 0 Å². The Bertz CT molecular complexity index is 195. The van der Waals surface area contributed by atoms with Crippen molar-refractivity contribution in [3.8, 4) is 0 Å². The molecule has 0 atom stereocenters. The van der Waals surface area contributed by atoms with Gasteiger partial charge in [0.1, 0.15) is 0 Å². The minimum absolute atomic E-state index is 0. The lowest BCUT2D eigenvalue weighted by atomic mass is 9.78. The van der Waals surface area contributed by atoms with Crippen molar-refractivity contribution in [3.05, 3.63) is 0 Å². The summed E-state index contributed by atoms with van der Waals surface area (Å²) in [5.74, 6) is -0.432. The molecule has 3 nitrogen and oxygen atoms in total. The molecule has 1 saturated heterocycles. The molecule has 0 saturated carbocycles. The summed E-state index contributed by atoms with van der Waals surface area (Å²) in [6.45, 7) is 8.72. The fraction of sp³-hybridized carbons (Fsp3) is 1.00. The van der Waals surface area contributed by atoms with Gasteiger partial charge >= 0.3 is 0 Å². The predicted octanol–water partition coefficient (Wildman–Crippen LogP) is 2.34. The van der Waals surface area contributed by atoms with Gasteiger partial charge in [-0.25, -0.2) is 0 Å². The van der Waals surface area contributed by atoms with E-state index in [0.717, 1.165) is 12.8 Å². The number of rotatable bonds is 2. The van der Waals surface area contributed by atoms with Crippen LogP contribution in [0.4, 0.5) is 0 Å². The molecule has 92 valence electrons. The molecule has 0 amide bonds. The highest BCUT2D eigenvalue weighted by Crippen LogP contribution is 2.38. The van der Waals surface area contributed by atoms with Crippen LogP contribution in [0.25, 0.3) is 0 Å². The van der Waals surface area contributed by atoms with Crippen molar-refractivity contribution in [1.82, 2.24) is 5.32 Å². The molecular formula is C11H24ClNO2. The summed E-state index contributed by atoms with van der Waals surface area (Å²) in [5.41, 5.74) is 0.0987. The van der Waals surface area contributed by atoms with Crippen LogP contribution in [0.15, 0.2) is 0 Å². The highest BCUT2D eigenvalue weighted by Gasteiger charge is 2.47. The molecule has 0 aromatic carbocycles. The zero-order valence-electron chi connectivity index (χ0n) is 10.6. The van der Waals surface area contributed by atoms with Crippen molar-refractivity contribution in [1.29, 1.82) is 0 Å². The molecule has 1 aliphatic rings. The lowest BCUT2D eigenvalue weighted by Gasteiger charge is -2.51. The Balaban J connectivity index is 0.00000196. The second-order valence-electron chi connectivity index (χ2n) is 5.57. The molecule has 0 spiro atoms. The van der Waals surface area contributed by atoms with Gasteiger partial charge < -0.3 is 14.8 Å². The van der Waals surface area contributed by atoms with Gasteiger partial charge in [0.05, 0.1) is 0 Å². The minimum atomic E-state index is -0.432. The molecule has 0 aromatic rings. The summed E-state index contributed by atoms with van der Waals surface area (Å²) in [6, 6.07) is 0. The van der Waals surface area contributed by atoms with Crippen molar-refractivity contribution < 1.29 is 9.47 Å². The standard InChI is InChI=1S/C11H23NO2.ClH/c1-9(2)7-11(13-5,14-6)8-10(3,4)12-9;/h12H,7-8H2,1-6H3;1H. The largest absolute Gasteiger partial charge is 0.353 e. The lowest BCUT2D eigenvalue weighted by Crippen LogP contribution is -2.64. The number of nitrogens with one attached hydrogen (secondary N) is 1. The van der Waals surface area contributed by atoms with Crippen molar-refractivity contribution >= 4 is 12.4 Å². The molecule has 1 rings (SSSR count). The molecular weight excluding hydrogens is 214 g/mol. The first-order valence-corrected chi connectivity index (χ1v) is 5.14. The van der Waals surface area contributed by atoms with Gasteiger partial charge in [-0.05, 0) is 27.7 Å². The minimum Gasteiger partial charge on any atom is -0.353 e. The maximum Gasteiger partial charge on any atom is 0.170 e. The van der Waals surface area contributed by atoms with Crippen LogP contribution in [-0.4, -0.2) is 31.1 Å². The molecule has 1 N–H and O–H groups in total. The highest BCUT2D eigenvalue weighted by molar-refractivity contribution is 5.85. The van der Waals surface area contributed by atoms with Crippen molar-refractivity contribution in [2.24, 2.45) is 0 Å². The lowest BCUT2D eigenvalue weighted by molar-refractivity contribution is -0.246. The number of hydrogen-bond donors (Lipinski definition) is 1. The third-order valence-electron chi connectivity index (χ3n) is 2.84. The summed E-state index contributed by atoms with van der Waals surface area (Å²) < 4.78 is 11.1. The van der Waals surface area contributed by atoms with Crippen LogP contribution in [0.3, 0.4) is 0 Å². The maximum absolute atomic E-state index is 5.54. The molecule has 1 heterocycles. The number of methoxy groups -OCH3 is 2. The molecule has 0 aliphatic carbocycles. The van der Waals surface area contributed by atoms with Crippen molar-refractivity contribution in [3.63, 3.8) is 0 Å². The molecule has 4 heteroatoms. The summed E-state index contributed by atoms with van der Waals surface area (Å²) in [5, 5.41) is 3.60. The normalized spacial score (nSPS) is 26.8. The van der Waals surface area contributed by atoms with Gasteiger partial charge in [0.2, 0.25) is 0 Å². The number of ether oxygens (including phenoxy) is 2. The van der Waals surface area contributed by atoms with Gasteiger partial charge in [0.15, 0.2) is 5.79 Å². The van der Waals surface area contributed by atoms with Crippen molar-refractivity contribution in [2.45, 2.75) is 57.4 Å². The van der Waals surface area contributed by atoms with E-state index < -0.39 is 5.79 Å². The fourth-order valence-corrected chi connectivity index (χ4v) is 2.79. The quantitative estimate of drug-likeness (QED) is 0.748. The zero-order valence-corrected chi connectivity index (χ0v) is 11.5. The first-order valence-electron chi connectivity index (χ1n) is 5.14. The molecule has 0 radical (unpaired) electrons. The van der Waals surface area contributed by atoms with E-state index in [-0.39, 0.29) is 23.5 Å². The van der Waals surface area contributed by atoms with E-state index in [4.69, 9.17) is 9.47 Å². The first-order chi connectivity index (χ1) is 6.24. The van der Waals surface area contributed by atoms with Gasteiger partial charge in [-0.1, -0.05) is 0 Å². The average molecular weight is 238 g/mol. The Morgan fingerprint density at radius 2 is 1.20 bits per heavy atom. The number of halogens is 1. The molecule has 0 unspecified atom stereocenters. The Hall–Kier alpha value is 0.170. The number of piperidine rings is 1. The second kappa shape index (κ2) is 4.58. The van der Waals surface area contributed by atoms with E-state index >= 15 is 0 Å². The maximum atomic E-state index is 5.54. The van der Waals surface area contributed by atoms with Gasteiger partial charge in [-0.3, -0.25) is 0 Å². The average Bonchev–Trinajstić information content (AvgIpc) is 1.98. The van der Waals surface area contributed by atoms with Gasteiger partial charge in [0.25, 0.3) is 0 Å². The molecule has 0 aromatic heterocycles. The highest BCUT2D eigenvalue weighted by atomic mass is 35.5. The molecule has 15 heavy (non-hydrogen) atoms. The van der Waals surface area contributed by atoms with Crippen LogP contribution in [0.5, 0.6) is 0 Å².